The van der Waals surface area contributed by atoms with Crippen molar-refractivity contribution in [3.05, 3.63) is 52.9 Å². The van der Waals surface area contributed by atoms with Crippen LogP contribution in [0.25, 0.3) is 11.0 Å². The SMILES string of the molecule is O=c1[nH]c2ccc(S(=O)(=O)Nc3ccc(OCC(F)(F)F)cc3)cc2[nH]1. The van der Waals surface area contributed by atoms with E-state index < -0.39 is 28.5 Å². The van der Waals surface area contributed by atoms with E-state index in [1.54, 1.807) is 0 Å². The lowest BCUT2D eigenvalue weighted by molar-refractivity contribution is -0.153. The van der Waals surface area contributed by atoms with Gasteiger partial charge in [-0.1, -0.05) is 0 Å². The molecule has 0 saturated carbocycles. The Balaban J connectivity index is 1.76. The second kappa shape index (κ2) is 6.41. The van der Waals surface area contributed by atoms with Gasteiger partial charge in [0.25, 0.3) is 10.0 Å². The third-order valence-electron chi connectivity index (χ3n) is 3.31. The van der Waals surface area contributed by atoms with Crippen molar-refractivity contribution in [2.75, 3.05) is 11.3 Å². The quantitative estimate of drug-likeness (QED) is 0.626. The Morgan fingerprint density at radius 3 is 2.31 bits per heavy atom. The largest absolute Gasteiger partial charge is 0.484 e. The number of hydrogen-bond donors (Lipinski definition) is 3. The van der Waals surface area contributed by atoms with Gasteiger partial charge in [-0.25, -0.2) is 13.2 Å². The Bertz CT molecular complexity index is 1090. The Labute approximate surface area is 144 Å². The predicted molar refractivity (Wildman–Crippen MR) is 87.7 cm³/mol. The molecule has 0 amide bonds. The summed E-state index contributed by atoms with van der Waals surface area (Å²) in [4.78, 5) is 16.1. The molecule has 1 aromatic heterocycles. The number of benzene rings is 2. The van der Waals surface area contributed by atoms with Gasteiger partial charge in [0.1, 0.15) is 5.75 Å². The zero-order valence-electron chi connectivity index (χ0n) is 12.9. The topological polar surface area (TPSA) is 104 Å². The monoisotopic (exact) mass is 387 g/mol. The standard InChI is InChI=1S/C15H12F3N3O4S/c16-15(17,18)8-25-10-3-1-9(2-4-10)21-26(23,24)11-5-6-12-13(7-11)20-14(22)19-12/h1-7,21H,8H2,(H2,19,20,22). The zero-order chi connectivity index (χ0) is 18.9. The van der Waals surface area contributed by atoms with E-state index in [1.807, 2.05) is 0 Å². The van der Waals surface area contributed by atoms with Gasteiger partial charge in [-0.2, -0.15) is 13.2 Å². The van der Waals surface area contributed by atoms with Crippen molar-refractivity contribution in [1.29, 1.82) is 0 Å². The van der Waals surface area contributed by atoms with Gasteiger partial charge in [0.15, 0.2) is 6.61 Å². The number of imidazole rings is 1. The molecular weight excluding hydrogens is 375 g/mol. The first-order chi connectivity index (χ1) is 12.1. The molecule has 3 aromatic rings. The fraction of sp³-hybridized carbons (Fsp3) is 0.133. The van der Waals surface area contributed by atoms with Crippen molar-refractivity contribution in [3.63, 3.8) is 0 Å². The fourth-order valence-corrected chi connectivity index (χ4v) is 3.26. The fourth-order valence-electron chi connectivity index (χ4n) is 2.18. The highest BCUT2D eigenvalue weighted by Gasteiger charge is 2.28. The van der Waals surface area contributed by atoms with Gasteiger partial charge in [-0.3, -0.25) is 4.72 Å². The lowest BCUT2D eigenvalue weighted by atomic mass is 10.3. The molecule has 2 aromatic carbocycles. The number of aromatic nitrogens is 2. The van der Waals surface area contributed by atoms with E-state index in [4.69, 9.17) is 0 Å². The van der Waals surface area contributed by atoms with E-state index in [2.05, 4.69) is 19.4 Å². The number of alkyl halides is 3. The molecule has 0 aliphatic carbocycles. The lowest BCUT2D eigenvalue weighted by Crippen LogP contribution is -2.19. The number of rotatable bonds is 5. The van der Waals surface area contributed by atoms with Crippen LogP contribution in [-0.2, 0) is 10.0 Å². The normalized spacial score (nSPS) is 12.3. The first-order valence-corrected chi connectivity index (χ1v) is 8.65. The number of fused-ring (bicyclic) bond motifs is 1. The van der Waals surface area contributed by atoms with Crippen molar-refractivity contribution in [2.45, 2.75) is 11.1 Å². The molecule has 1 heterocycles. The van der Waals surface area contributed by atoms with Crippen LogP contribution in [-0.4, -0.2) is 31.2 Å². The molecule has 0 aliphatic heterocycles. The Kier molecular flexibility index (Phi) is 4.40. The summed E-state index contributed by atoms with van der Waals surface area (Å²) < 4.78 is 68.0. The van der Waals surface area contributed by atoms with Crippen LogP contribution in [0.5, 0.6) is 5.75 Å². The van der Waals surface area contributed by atoms with Crippen LogP contribution in [0.4, 0.5) is 18.9 Å². The van der Waals surface area contributed by atoms with Crippen molar-refractivity contribution in [1.82, 2.24) is 9.97 Å². The van der Waals surface area contributed by atoms with Crippen molar-refractivity contribution < 1.29 is 26.3 Å². The Morgan fingerprint density at radius 2 is 1.65 bits per heavy atom. The number of aromatic amines is 2. The Hall–Kier alpha value is -2.95. The molecule has 0 atom stereocenters. The van der Waals surface area contributed by atoms with Crippen molar-refractivity contribution in [3.8, 4) is 5.75 Å². The molecule has 0 saturated heterocycles. The maximum absolute atomic E-state index is 12.4. The van der Waals surface area contributed by atoms with Crippen LogP contribution >= 0.6 is 0 Å². The molecule has 0 fully saturated rings. The molecule has 138 valence electrons. The van der Waals surface area contributed by atoms with Gasteiger partial charge in [0.05, 0.1) is 15.9 Å². The molecule has 3 rings (SSSR count). The Morgan fingerprint density at radius 1 is 1.00 bits per heavy atom. The highest BCUT2D eigenvalue weighted by molar-refractivity contribution is 7.92. The summed E-state index contributed by atoms with van der Waals surface area (Å²) in [5.74, 6) is -0.0448. The van der Waals surface area contributed by atoms with Crippen LogP contribution in [0.15, 0.2) is 52.2 Å². The summed E-state index contributed by atoms with van der Waals surface area (Å²) in [6, 6.07) is 9.04. The molecule has 0 aliphatic rings. The second-order valence-corrected chi connectivity index (χ2v) is 7.00. The first kappa shape index (κ1) is 17.9. The van der Waals surface area contributed by atoms with Gasteiger partial charge in [0.2, 0.25) is 0 Å². The average molecular weight is 387 g/mol. The van der Waals surface area contributed by atoms with Gasteiger partial charge in [0, 0.05) is 5.69 Å². The maximum Gasteiger partial charge on any atom is 0.422 e. The van der Waals surface area contributed by atoms with E-state index in [9.17, 15) is 26.4 Å². The molecule has 0 radical (unpaired) electrons. The molecule has 0 unspecified atom stereocenters. The predicted octanol–water partition coefficient (Wildman–Crippen LogP) is 2.60. The molecule has 3 N–H and O–H groups in total. The average Bonchev–Trinajstić information content (AvgIpc) is 2.92. The number of nitrogens with one attached hydrogen (secondary N) is 3. The number of sulfonamides is 1. The summed E-state index contributed by atoms with van der Waals surface area (Å²) in [6.45, 7) is -1.44. The van der Waals surface area contributed by atoms with Crippen molar-refractivity contribution in [2.24, 2.45) is 0 Å². The summed E-state index contributed by atoms with van der Waals surface area (Å²) in [5, 5.41) is 0. The summed E-state index contributed by atoms with van der Waals surface area (Å²) in [5.41, 5.74) is 0.470. The smallest absolute Gasteiger partial charge is 0.422 e. The van der Waals surface area contributed by atoms with Crippen LogP contribution in [0.1, 0.15) is 0 Å². The third-order valence-corrected chi connectivity index (χ3v) is 4.69. The number of H-pyrrole nitrogens is 2. The number of hydrogen-bond acceptors (Lipinski definition) is 4. The molecule has 0 spiro atoms. The highest BCUT2D eigenvalue weighted by atomic mass is 32.2. The van der Waals surface area contributed by atoms with Crippen molar-refractivity contribution >= 4 is 26.7 Å². The number of ether oxygens (including phenoxy) is 1. The molecule has 11 heteroatoms. The van der Waals surface area contributed by atoms with Crippen LogP contribution < -0.4 is 15.1 Å². The van der Waals surface area contributed by atoms with E-state index in [0.29, 0.717) is 11.0 Å². The van der Waals surface area contributed by atoms with Gasteiger partial charge in [-0.15, -0.1) is 0 Å². The van der Waals surface area contributed by atoms with Crippen LogP contribution in [0.3, 0.4) is 0 Å². The molecule has 0 bridgehead atoms. The zero-order valence-corrected chi connectivity index (χ0v) is 13.7. The van der Waals surface area contributed by atoms with E-state index >= 15 is 0 Å². The van der Waals surface area contributed by atoms with Gasteiger partial charge in [-0.05, 0) is 42.5 Å². The summed E-state index contributed by atoms with van der Waals surface area (Å²) in [7, 11) is -3.95. The minimum atomic E-state index is -4.46. The summed E-state index contributed by atoms with van der Waals surface area (Å²) >= 11 is 0. The molecule has 26 heavy (non-hydrogen) atoms. The van der Waals surface area contributed by atoms with Crippen LogP contribution in [0.2, 0.25) is 0 Å². The molecular formula is C15H12F3N3O4S. The minimum absolute atomic E-state index is 0.0448. The van der Waals surface area contributed by atoms with E-state index in [1.165, 1.54) is 42.5 Å². The summed E-state index contributed by atoms with van der Waals surface area (Å²) in [6.07, 6.45) is -4.46. The minimum Gasteiger partial charge on any atom is -0.484 e. The third kappa shape index (κ3) is 4.17. The van der Waals surface area contributed by atoms with E-state index in [-0.39, 0.29) is 16.3 Å². The van der Waals surface area contributed by atoms with E-state index in [0.717, 1.165) is 0 Å². The second-order valence-electron chi connectivity index (χ2n) is 5.32. The number of halogens is 3. The van der Waals surface area contributed by atoms with Gasteiger partial charge >= 0.3 is 11.9 Å². The van der Waals surface area contributed by atoms with Gasteiger partial charge < -0.3 is 14.7 Å². The first-order valence-electron chi connectivity index (χ1n) is 7.17. The maximum atomic E-state index is 12.4. The number of anilines is 1. The van der Waals surface area contributed by atoms with Crippen LogP contribution in [0, 0.1) is 0 Å². The highest BCUT2D eigenvalue weighted by Crippen LogP contribution is 2.23. The molecule has 7 nitrogen and oxygen atoms in total. The lowest BCUT2D eigenvalue weighted by Gasteiger charge is -2.11.